The van der Waals surface area contributed by atoms with Crippen molar-refractivity contribution in [3.05, 3.63) is 51.5 Å². The first kappa shape index (κ1) is 15.9. The summed E-state index contributed by atoms with van der Waals surface area (Å²) in [5, 5.41) is 0. The van der Waals surface area contributed by atoms with Gasteiger partial charge in [0.05, 0.1) is 16.8 Å². The van der Waals surface area contributed by atoms with Crippen molar-refractivity contribution < 1.29 is 12.8 Å². The normalized spacial score (nSPS) is 11.5. The molecule has 1 N–H and O–H groups in total. The van der Waals surface area contributed by atoms with Gasteiger partial charge in [-0.1, -0.05) is 0 Å². The summed E-state index contributed by atoms with van der Waals surface area (Å²) in [5.74, 6) is -0.454. The number of benzene rings is 1. The van der Waals surface area contributed by atoms with Gasteiger partial charge in [-0.3, -0.25) is 4.72 Å². The maximum Gasteiger partial charge on any atom is 0.262 e. The molecule has 1 aromatic heterocycles. The molecule has 0 unspecified atom stereocenters. The number of rotatable bonds is 3. The zero-order valence-electron chi connectivity index (χ0n) is 11.7. The van der Waals surface area contributed by atoms with Crippen molar-refractivity contribution in [2.75, 3.05) is 4.72 Å². The summed E-state index contributed by atoms with van der Waals surface area (Å²) in [6, 6.07) is 4.07. The summed E-state index contributed by atoms with van der Waals surface area (Å²) < 4.78 is 41.4. The van der Waals surface area contributed by atoms with Gasteiger partial charge in [0.15, 0.2) is 0 Å². The molecule has 1 aromatic carbocycles. The summed E-state index contributed by atoms with van der Waals surface area (Å²) in [7, 11) is -3.79. The summed E-state index contributed by atoms with van der Waals surface area (Å²) >= 11 is 3.26. The highest BCUT2D eigenvalue weighted by Crippen LogP contribution is 2.25. The predicted octanol–water partition coefficient (Wildman–Crippen LogP) is 3.71. The monoisotopic (exact) mass is 372 g/mol. The van der Waals surface area contributed by atoms with E-state index in [9.17, 15) is 12.8 Å². The smallest absolute Gasteiger partial charge is 0.262 e. The fourth-order valence-electron chi connectivity index (χ4n) is 2.14. The minimum Gasteiger partial charge on any atom is -0.278 e. The molecule has 0 atom stereocenters. The lowest BCUT2D eigenvalue weighted by Gasteiger charge is -2.13. The molecule has 0 saturated carbocycles. The molecule has 0 spiro atoms. The summed E-state index contributed by atoms with van der Waals surface area (Å²) in [6.07, 6.45) is 1.42. The SMILES string of the molecule is Cc1cc(NS(=O)(=O)c2c(C)cc(F)cc2C)cnc1Br. The molecule has 7 heteroatoms. The third kappa shape index (κ3) is 3.41. The van der Waals surface area contributed by atoms with E-state index in [0.29, 0.717) is 21.4 Å². The minimum absolute atomic E-state index is 0.0875. The van der Waals surface area contributed by atoms with Crippen LogP contribution in [0.4, 0.5) is 10.1 Å². The van der Waals surface area contributed by atoms with Gasteiger partial charge in [-0.25, -0.2) is 17.8 Å². The number of sulfonamides is 1. The van der Waals surface area contributed by atoms with E-state index in [1.54, 1.807) is 19.9 Å². The van der Waals surface area contributed by atoms with Crippen molar-refractivity contribution >= 4 is 31.6 Å². The molecule has 1 heterocycles. The highest BCUT2D eigenvalue weighted by Gasteiger charge is 2.20. The molecule has 0 aliphatic heterocycles. The van der Waals surface area contributed by atoms with Crippen molar-refractivity contribution in [3.8, 4) is 0 Å². The number of pyridine rings is 1. The maximum atomic E-state index is 13.3. The van der Waals surface area contributed by atoms with Crippen LogP contribution in [-0.4, -0.2) is 13.4 Å². The van der Waals surface area contributed by atoms with Gasteiger partial charge in [0.1, 0.15) is 10.4 Å². The van der Waals surface area contributed by atoms with Crippen LogP contribution >= 0.6 is 15.9 Å². The summed E-state index contributed by atoms with van der Waals surface area (Å²) in [5.41, 5.74) is 1.89. The van der Waals surface area contributed by atoms with Gasteiger partial charge in [0.25, 0.3) is 10.0 Å². The van der Waals surface area contributed by atoms with Gasteiger partial charge in [-0.15, -0.1) is 0 Å². The third-order valence-corrected chi connectivity index (χ3v) is 5.48. The van der Waals surface area contributed by atoms with E-state index >= 15 is 0 Å². The number of halogens is 2. The van der Waals surface area contributed by atoms with E-state index in [4.69, 9.17) is 0 Å². The first-order valence-corrected chi connectivity index (χ1v) is 8.40. The lowest BCUT2D eigenvalue weighted by molar-refractivity contribution is 0.597. The molecule has 112 valence electrons. The van der Waals surface area contributed by atoms with Gasteiger partial charge in [-0.2, -0.15) is 0 Å². The Morgan fingerprint density at radius 1 is 1.10 bits per heavy atom. The highest BCUT2D eigenvalue weighted by atomic mass is 79.9. The third-order valence-electron chi connectivity index (χ3n) is 2.96. The van der Waals surface area contributed by atoms with E-state index < -0.39 is 15.8 Å². The molecule has 0 aliphatic rings. The average Bonchev–Trinajstić information content (AvgIpc) is 2.31. The van der Waals surface area contributed by atoms with Crippen LogP contribution in [0.2, 0.25) is 0 Å². The number of anilines is 1. The van der Waals surface area contributed by atoms with Crippen molar-refractivity contribution in [2.45, 2.75) is 25.7 Å². The fraction of sp³-hybridized carbons (Fsp3) is 0.214. The molecule has 0 fully saturated rings. The number of aryl methyl sites for hydroxylation is 3. The van der Waals surface area contributed by atoms with Crippen LogP contribution in [0, 0.1) is 26.6 Å². The number of hydrogen-bond acceptors (Lipinski definition) is 3. The van der Waals surface area contributed by atoms with Gasteiger partial charge >= 0.3 is 0 Å². The lowest BCUT2D eigenvalue weighted by Crippen LogP contribution is -2.16. The van der Waals surface area contributed by atoms with Gasteiger partial charge < -0.3 is 0 Å². The van der Waals surface area contributed by atoms with Crippen LogP contribution in [0.15, 0.2) is 33.9 Å². The molecule has 0 bridgehead atoms. The molecule has 0 saturated heterocycles. The zero-order chi connectivity index (χ0) is 15.8. The van der Waals surface area contributed by atoms with Crippen LogP contribution < -0.4 is 4.72 Å². The molecular formula is C14H14BrFN2O2S. The predicted molar refractivity (Wildman–Crippen MR) is 83.4 cm³/mol. The standard InChI is InChI=1S/C14H14BrFN2O2S/c1-8-4-11(16)5-9(2)13(8)21(19,20)18-12-6-10(3)14(15)17-7-12/h4-7,18H,1-3H3. The number of nitrogens with zero attached hydrogens (tertiary/aromatic N) is 1. The van der Waals surface area contributed by atoms with Gasteiger partial charge in [0, 0.05) is 0 Å². The van der Waals surface area contributed by atoms with Crippen molar-refractivity contribution in [3.63, 3.8) is 0 Å². The van der Waals surface area contributed by atoms with Crippen molar-refractivity contribution in [1.29, 1.82) is 0 Å². The van der Waals surface area contributed by atoms with E-state index in [0.717, 1.165) is 5.56 Å². The van der Waals surface area contributed by atoms with Crippen LogP contribution in [0.5, 0.6) is 0 Å². The Morgan fingerprint density at radius 3 is 2.19 bits per heavy atom. The largest absolute Gasteiger partial charge is 0.278 e. The molecule has 0 radical (unpaired) electrons. The zero-order valence-corrected chi connectivity index (χ0v) is 14.1. The Kier molecular flexibility index (Phi) is 4.34. The Morgan fingerprint density at radius 2 is 1.67 bits per heavy atom. The summed E-state index contributed by atoms with van der Waals surface area (Å²) in [6.45, 7) is 4.94. The maximum absolute atomic E-state index is 13.3. The summed E-state index contributed by atoms with van der Waals surface area (Å²) in [4.78, 5) is 4.13. The van der Waals surface area contributed by atoms with Gasteiger partial charge in [0.2, 0.25) is 0 Å². The minimum atomic E-state index is -3.79. The molecule has 0 amide bonds. The average molecular weight is 373 g/mol. The van der Waals surface area contributed by atoms with E-state index in [1.807, 2.05) is 6.92 Å². The molecular weight excluding hydrogens is 359 g/mol. The number of hydrogen-bond donors (Lipinski definition) is 1. The lowest BCUT2D eigenvalue weighted by atomic mass is 10.1. The second-order valence-corrected chi connectivity index (χ2v) is 7.18. The Hall–Kier alpha value is -1.47. The number of nitrogens with one attached hydrogen (secondary N) is 1. The van der Waals surface area contributed by atoms with Crippen LogP contribution in [0.1, 0.15) is 16.7 Å². The first-order valence-electron chi connectivity index (χ1n) is 6.12. The molecule has 0 aliphatic carbocycles. The first-order chi connectivity index (χ1) is 9.70. The topological polar surface area (TPSA) is 59.1 Å². The molecule has 2 rings (SSSR count). The van der Waals surface area contributed by atoms with Crippen LogP contribution in [0.3, 0.4) is 0 Å². The Balaban J connectivity index is 2.46. The fourth-order valence-corrected chi connectivity index (χ4v) is 3.85. The molecule has 2 aromatic rings. The molecule has 21 heavy (non-hydrogen) atoms. The van der Waals surface area contributed by atoms with Crippen LogP contribution in [0.25, 0.3) is 0 Å². The van der Waals surface area contributed by atoms with Crippen molar-refractivity contribution in [1.82, 2.24) is 4.98 Å². The number of aromatic nitrogens is 1. The molecule has 4 nitrogen and oxygen atoms in total. The van der Waals surface area contributed by atoms with E-state index in [1.165, 1.54) is 18.3 Å². The Bertz CT molecular complexity index is 784. The van der Waals surface area contributed by atoms with E-state index in [2.05, 4.69) is 25.6 Å². The van der Waals surface area contributed by atoms with E-state index in [-0.39, 0.29) is 4.90 Å². The highest BCUT2D eigenvalue weighted by molar-refractivity contribution is 9.10. The van der Waals surface area contributed by atoms with Crippen molar-refractivity contribution in [2.24, 2.45) is 0 Å². The Labute approximate surface area is 131 Å². The van der Waals surface area contributed by atoms with Crippen LogP contribution in [-0.2, 0) is 10.0 Å². The quantitative estimate of drug-likeness (QED) is 0.835. The van der Waals surface area contributed by atoms with Gasteiger partial charge in [-0.05, 0) is 71.6 Å². The second kappa shape index (κ2) is 5.73. The second-order valence-electron chi connectivity index (χ2n) is 4.81.